The summed E-state index contributed by atoms with van der Waals surface area (Å²) in [6, 6.07) is 11.9. The summed E-state index contributed by atoms with van der Waals surface area (Å²) in [6.07, 6.45) is 3.74. The molecule has 2 aromatic carbocycles. The molecule has 0 aliphatic carbocycles. The fourth-order valence-electron chi connectivity index (χ4n) is 3.25. The molecule has 0 spiro atoms. The van der Waals surface area contributed by atoms with Gasteiger partial charge in [0.15, 0.2) is 0 Å². The molecular weight excluding hydrogens is 399 g/mol. The Kier molecular flexibility index (Phi) is 5.00. The molecule has 1 aromatic heterocycles. The number of imide groups is 1. The van der Waals surface area contributed by atoms with E-state index in [4.69, 9.17) is 11.6 Å². The highest BCUT2D eigenvalue weighted by Gasteiger charge is 2.35. The molecule has 0 atom stereocenters. The van der Waals surface area contributed by atoms with Gasteiger partial charge in [0.1, 0.15) is 5.82 Å². The number of carbonyl (C=O) groups excluding carboxylic acids is 2. The van der Waals surface area contributed by atoms with Crippen molar-refractivity contribution in [3.05, 3.63) is 75.5 Å². The first-order chi connectivity index (χ1) is 13.5. The van der Waals surface area contributed by atoms with Gasteiger partial charge in [0.2, 0.25) is 0 Å². The number of aromatic nitrogens is 1. The van der Waals surface area contributed by atoms with Crippen molar-refractivity contribution in [1.29, 1.82) is 0 Å². The minimum atomic E-state index is -0.463. The van der Waals surface area contributed by atoms with Crippen LogP contribution in [-0.4, -0.2) is 20.6 Å². The number of rotatable bonds is 4. The van der Waals surface area contributed by atoms with E-state index in [-0.39, 0.29) is 22.7 Å². The maximum atomic E-state index is 13.2. The molecule has 1 aliphatic heterocycles. The molecule has 4 nitrogen and oxygen atoms in total. The Morgan fingerprint density at radius 1 is 1.18 bits per heavy atom. The molecule has 1 saturated heterocycles. The smallest absolute Gasteiger partial charge is 0.293 e. The number of amides is 2. The number of benzene rings is 2. The van der Waals surface area contributed by atoms with Gasteiger partial charge in [-0.3, -0.25) is 14.5 Å². The number of hydrogen-bond donors (Lipinski definition) is 0. The minimum absolute atomic E-state index is 0.0117. The molecular formula is C21H16ClFN2O2S. The topological polar surface area (TPSA) is 42.3 Å². The zero-order chi connectivity index (χ0) is 19.8. The number of aryl methyl sites for hydroxylation is 1. The van der Waals surface area contributed by atoms with Crippen molar-refractivity contribution in [2.75, 3.05) is 0 Å². The van der Waals surface area contributed by atoms with E-state index in [0.717, 1.165) is 39.7 Å². The van der Waals surface area contributed by atoms with Crippen LogP contribution >= 0.6 is 23.4 Å². The van der Waals surface area contributed by atoms with Crippen LogP contribution in [0.25, 0.3) is 17.0 Å². The second-order valence-corrected chi connectivity index (χ2v) is 7.79. The third-order valence-corrected chi connectivity index (χ3v) is 5.92. The Balaban J connectivity index is 1.66. The molecule has 0 saturated carbocycles. The predicted octanol–water partition coefficient (Wildman–Crippen LogP) is 5.69. The largest absolute Gasteiger partial charge is 0.347 e. The second kappa shape index (κ2) is 7.45. The maximum absolute atomic E-state index is 13.2. The quantitative estimate of drug-likeness (QED) is 0.515. The standard InChI is InChI=1S/C21H16ClFN2O2S/c1-2-24-11-14(16-5-3-4-6-18(16)24)9-19-20(26)25(21(27)28-19)12-13-7-8-15(23)10-17(13)22/h3-11H,2,12H2,1H3/b19-9-. The van der Waals surface area contributed by atoms with Gasteiger partial charge in [0.05, 0.1) is 11.4 Å². The van der Waals surface area contributed by atoms with Gasteiger partial charge in [-0.15, -0.1) is 0 Å². The third kappa shape index (κ3) is 3.34. The Morgan fingerprint density at radius 2 is 1.96 bits per heavy atom. The first-order valence-electron chi connectivity index (χ1n) is 8.75. The van der Waals surface area contributed by atoms with Crippen molar-refractivity contribution in [3.8, 4) is 0 Å². The number of carbonyl (C=O) groups is 2. The molecule has 4 rings (SSSR count). The Bertz CT molecular complexity index is 1140. The first kappa shape index (κ1) is 18.8. The molecule has 0 bridgehead atoms. The number of fused-ring (bicyclic) bond motifs is 1. The Labute approximate surface area is 170 Å². The number of nitrogens with zero attached hydrogens (tertiary/aromatic N) is 2. The van der Waals surface area contributed by atoms with Crippen LogP contribution in [0.2, 0.25) is 5.02 Å². The molecule has 1 fully saturated rings. The van der Waals surface area contributed by atoms with Crippen LogP contribution in [0.15, 0.2) is 53.6 Å². The van der Waals surface area contributed by atoms with E-state index < -0.39 is 5.82 Å². The normalized spacial score (nSPS) is 16.0. The van der Waals surface area contributed by atoms with Gasteiger partial charge in [-0.25, -0.2) is 4.39 Å². The van der Waals surface area contributed by atoms with Crippen molar-refractivity contribution in [2.45, 2.75) is 20.0 Å². The van der Waals surface area contributed by atoms with Crippen LogP contribution in [0.4, 0.5) is 9.18 Å². The van der Waals surface area contributed by atoms with Gasteiger partial charge in [-0.05, 0) is 48.5 Å². The zero-order valence-corrected chi connectivity index (χ0v) is 16.6. The minimum Gasteiger partial charge on any atom is -0.347 e. The van der Waals surface area contributed by atoms with Crippen LogP contribution in [0.5, 0.6) is 0 Å². The van der Waals surface area contributed by atoms with Crippen molar-refractivity contribution in [2.24, 2.45) is 0 Å². The molecule has 142 valence electrons. The molecule has 28 heavy (non-hydrogen) atoms. The lowest BCUT2D eigenvalue weighted by atomic mass is 10.1. The summed E-state index contributed by atoms with van der Waals surface area (Å²) in [5.74, 6) is -0.834. The van der Waals surface area contributed by atoms with Crippen molar-refractivity contribution in [3.63, 3.8) is 0 Å². The number of para-hydroxylation sites is 1. The van der Waals surface area contributed by atoms with Crippen molar-refractivity contribution >= 4 is 51.5 Å². The van der Waals surface area contributed by atoms with Crippen LogP contribution in [0, 0.1) is 5.82 Å². The first-order valence-corrected chi connectivity index (χ1v) is 9.94. The lowest BCUT2D eigenvalue weighted by molar-refractivity contribution is -0.123. The molecule has 7 heteroatoms. The fourth-order valence-corrected chi connectivity index (χ4v) is 4.31. The van der Waals surface area contributed by atoms with Gasteiger partial charge in [0.25, 0.3) is 11.1 Å². The van der Waals surface area contributed by atoms with Crippen LogP contribution < -0.4 is 0 Å². The zero-order valence-electron chi connectivity index (χ0n) is 15.0. The second-order valence-electron chi connectivity index (χ2n) is 6.39. The van der Waals surface area contributed by atoms with Gasteiger partial charge < -0.3 is 4.57 Å². The fraction of sp³-hybridized carbons (Fsp3) is 0.143. The maximum Gasteiger partial charge on any atom is 0.293 e. The summed E-state index contributed by atoms with van der Waals surface area (Å²) in [5, 5.41) is 0.850. The van der Waals surface area contributed by atoms with E-state index in [1.165, 1.54) is 18.2 Å². The molecule has 1 aliphatic rings. The molecule has 0 N–H and O–H groups in total. The average Bonchev–Trinajstić information content (AvgIpc) is 3.16. The van der Waals surface area contributed by atoms with Gasteiger partial charge in [-0.2, -0.15) is 0 Å². The monoisotopic (exact) mass is 414 g/mol. The molecule has 0 radical (unpaired) electrons. The van der Waals surface area contributed by atoms with Crippen LogP contribution in [-0.2, 0) is 17.9 Å². The highest BCUT2D eigenvalue weighted by molar-refractivity contribution is 8.18. The highest BCUT2D eigenvalue weighted by Crippen LogP contribution is 2.35. The number of halogens is 2. The van der Waals surface area contributed by atoms with E-state index in [1.807, 2.05) is 30.5 Å². The lowest BCUT2D eigenvalue weighted by Gasteiger charge is -2.13. The van der Waals surface area contributed by atoms with E-state index in [1.54, 1.807) is 6.08 Å². The summed E-state index contributed by atoms with van der Waals surface area (Å²) < 4.78 is 15.3. The number of thioether (sulfide) groups is 1. The van der Waals surface area contributed by atoms with Crippen molar-refractivity contribution in [1.82, 2.24) is 9.47 Å². The average molecular weight is 415 g/mol. The highest BCUT2D eigenvalue weighted by atomic mass is 35.5. The summed E-state index contributed by atoms with van der Waals surface area (Å²) in [4.78, 5) is 26.7. The predicted molar refractivity (Wildman–Crippen MR) is 111 cm³/mol. The SMILES string of the molecule is CCn1cc(/C=C2\SC(=O)N(Cc3ccc(F)cc3Cl)C2=O)c2ccccc21. The summed E-state index contributed by atoms with van der Waals surface area (Å²) in [6.45, 7) is 2.87. The van der Waals surface area contributed by atoms with E-state index >= 15 is 0 Å². The van der Waals surface area contributed by atoms with Crippen LogP contribution in [0.1, 0.15) is 18.1 Å². The van der Waals surface area contributed by atoms with E-state index in [0.29, 0.717) is 10.5 Å². The molecule has 2 amide bonds. The van der Waals surface area contributed by atoms with Gasteiger partial charge in [0, 0.05) is 34.2 Å². The number of hydrogen-bond acceptors (Lipinski definition) is 3. The Hall–Kier alpha value is -2.57. The van der Waals surface area contributed by atoms with Gasteiger partial charge >= 0.3 is 0 Å². The van der Waals surface area contributed by atoms with E-state index in [9.17, 15) is 14.0 Å². The molecule has 2 heterocycles. The summed E-state index contributed by atoms with van der Waals surface area (Å²) in [5.41, 5.74) is 2.49. The summed E-state index contributed by atoms with van der Waals surface area (Å²) >= 11 is 6.94. The van der Waals surface area contributed by atoms with Gasteiger partial charge in [-0.1, -0.05) is 35.9 Å². The Morgan fingerprint density at radius 3 is 2.71 bits per heavy atom. The summed E-state index contributed by atoms with van der Waals surface area (Å²) in [7, 11) is 0. The third-order valence-electron chi connectivity index (χ3n) is 4.66. The van der Waals surface area contributed by atoms with Crippen molar-refractivity contribution < 1.29 is 14.0 Å². The molecule has 3 aromatic rings. The van der Waals surface area contributed by atoms with Crippen LogP contribution in [0.3, 0.4) is 0 Å². The van der Waals surface area contributed by atoms with E-state index in [2.05, 4.69) is 11.5 Å². The molecule has 0 unspecified atom stereocenters. The lowest BCUT2D eigenvalue weighted by Crippen LogP contribution is -2.27.